The molecule has 8 unspecified atom stereocenters. The lowest BCUT2D eigenvalue weighted by atomic mass is 9.39. The smallest absolute Gasteiger partial charge is 0.0182 e. The van der Waals surface area contributed by atoms with Gasteiger partial charge >= 0.3 is 0 Å². The maximum atomic E-state index is 2.11. The molecule has 0 saturated heterocycles. The summed E-state index contributed by atoms with van der Waals surface area (Å²) >= 11 is 0. The van der Waals surface area contributed by atoms with Gasteiger partial charge in [0.1, 0.15) is 23.7 Å². The van der Waals surface area contributed by atoms with Crippen LogP contribution >= 0.6 is 0 Å². The molecule has 8 atom stereocenters. The van der Waals surface area contributed by atoms with Gasteiger partial charge in [-0.3, -0.25) is 0 Å². The van der Waals surface area contributed by atoms with Gasteiger partial charge in [-0.2, -0.15) is 0 Å². The molecule has 0 heteroatoms. The number of hydrogen-bond acceptors (Lipinski definition) is 0. The zero-order chi connectivity index (χ0) is 5.77. The topological polar surface area (TPSA) is 0 Å². The third kappa shape index (κ3) is 0.104. The summed E-state index contributed by atoms with van der Waals surface area (Å²) in [6.07, 6.45) is 0. The molecule has 5 rings (SSSR count). The van der Waals surface area contributed by atoms with Crippen molar-refractivity contribution in [2.75, 3.05) is 0 Å². The molecule has 0 N–H and O–H groups in total. The fourth-order valence-corrected chi connectivity index (χ4v) is 6.51. The molecule has 5 aliphatic rings. The molecular weight excluding hydrogens is 120 g/mol. The molecule has 10 heavy (non-hydrogen) atoms. The Morgan fingerprint density at radius 3 is 1.60 bits per heavy atom. The van der Waals surface area contributed by atoms with E-state index in [1.54, 1.807) is 0 Å². The Labute approximate surface area is 60.0 Å². The van der Waals surface area contributed by atoms with Crippen LogP contribution in [0.4, 0.5) is 0 Å². The van der Waals surface area contributed by atoms with Gasteiger partial charge in [-0.1, -0.05) is 0 Å². The highest BCUT2D eigenvalue weighted by Crippen LogP contribution is 3.01. The molecule has 0 aromatic rings. The summed E-state index contributed by atoms with van der Waals surface area (Å²) in [7, 11) is 0. The Morgan fingerprint density at radius 1 is 0.500 bits per heavy atom. The van der Waals surface area contributed by atoms with Gasteiger partial charge < -0.3 is 0 Å². The minimum absolute atomic E-state index is 1.25. The van der Waals surface area contributed by atoms with Crippen molar-refractivity contribution in [2.24, 2.45) is 53.3 Å². The molecule has 0 nitrogen and oxygen atoms in total. The fraction of sp³-hybridized carbons (Fsp3) is 0.900. The van der Waals surface area contributed by atoms with Gasteiger partial charge in [-0.15, -0.1) is 0 Å². The highest BCUT2D eigenvalue weighted by atomic mass is 15.0. The maximum absolute atomic E-state index is 2.11. The van der Waals surface area contributed by atoms with Gasteiger partial charge in [0, 0.05) is 23.7 Å². The van der Waals surface area contributed by atoms with Crippen molar-refractivity contribution in [2.45, 2.75) is 0 Å². The average molecular weight is 129 g/mol. The molecule has 0 bridgehead atoms. The molecular formula is C10H9+. The first-order valence-electron chi connectivity index (χ1n) is 4.87. The highest BCUT2D eigenvalue weighted by molar-refractivity contribution is 5.55. The third-order valence-corrected chi connectivity index (χ3v) is 6.31. The van der Waals surface area contributed by atoms with Gasteiger partial charge in [0.25, 0.3) is 0 Å². The van der Waals surface area contributed by atoms with E-state index in [9.17, 15) is 0 Å². The first-order chi connectivity index (χ1) is 5.00. The standard InChI is InChI=1S/C10H9/c1-2-5-3(1)7-8-4(1)6(2)10(8)9(5)7/h1-9H/q+1. The van der Waals surface area contributed by atoms with E-state index in [0.717, 1.165) is 0 Å². The van der Waals surface area contributed by atoms with E-state index < -0.39 is 0 Å². The van der Waals surface area contributed by atoms with E-state index in [0.29, 0.717) is 0 Å². The SMILES string of the molecule is [C+]12C3C4C1C1C5C2C3C5C41. The predicted octanol–water partition coefficient (Wildman–Crippen LogP) is 1.19. The van der Waals surface area contributed by atoms with Crippen LogP contribution in [-0.2, 0) is 0 Å². The third-order valence-electron chi connectivity index (χ3n) is 6.31. The monoisotopic (exact) mass is 129 g/mol. The largest absolute Gasteiger partial charge is 0.116 e. The predicted molar refractivity (Wildman–Crippen MR) is 34.7 cm³/mol. The van der Waals surface area contributed by atoms with Crippen LogP contribution in [0.3, 0.4) is 0 Å². The van der Waals surface area contributed by atoms with E-state index in [2.05, 4.69) is 5.92 Å². The van der Waals surface area contributed by atoms with Crippen molar-refractivity contribution in [1.82, 2.24) is 0 Å². The van der Waals surface area contributed by atoms with Crippen LogP contribution in [0, 0.1) is 59.2 Å². The second-order valence-corrected chi connectivity index (χ2v) is 5.54. The summed E-state index contributed by atoms with van der Waals surface area (Å²) < 4.78 is 0. The average Bonchev–Trinajstić information content (AvgIpc) is 2.47. The maximum Gasteiger partial charge on any atom is 0.116 e. The minimum atomic E-state index is 1.25. The van der Waals surface area contributed by atoms with Gasteiger partial charge in [-0.25, -0.2) is 0 Å². The Bertz CT molecular complexity index is 147. The van der Waals surface area contributed by atoms with E-state index in [4.69, 9.17) is 0 Å². The van der Waals surface area contributed by atoms with Crippen LogP contribution in [0.1, 0.15) is 0 Å². The van der Waals surface area contributed by atoms with Crippen molar-refractivity contribution in [3.05, 3.63) is 5.92 Å². The molecule has 48 valence electrons. The zero-order valence-corrected chi connectivity index (χ0v) is 5.70. The molecule has 5 saturated carbocycles. The van der Waals surface area contributed by atoms with Crippen molar-refractivity contribution in [3.8, 4) is 0 Å². The zero-order valence-electron chi connectivity index (χ0n) is 5.70. The first kappa shape index (κ1) is 3.51. The Kier molecular flexibility index (Phi) is 0.216. The van der Waals surface area contributed by atoms with Crippen LogP contribution in [-0.4, -0.2) is 0 Å². The van der Waals surface area contributed by atoms with Gasteiger partial charge in [0.2, 0.25) is 0 Å². The number of rotatable bonds is 0. The summed E-state index contributed by atoms with van der Waals surface area (Å²) in [6.45, 7) is 0. The van der Waals surface area contributed by atoms with Crippen LogP contribution < -0.4 is 0 Å². The van der Waals surface area contributed by atoms with Crippen LogP contribution in [0.5, 0.6) is 0 Å². The van der Waals surface area contributed by atoms with E-state index in [1.807, 2.05) is 0 Å². The Hall–Kier alpha value is -0.130. The second kappa shape index (κ2) is 0.616. The summed E-state index contributed by atoms with van der Waals surface area (Å²) in [5.41, 5.74) is 0. The minimum Gasteiger partial charge on any atom is -0.0182 e. The van der Waals surface area contributed by atoms with Gasteiger partial charge in [-0.05, 0) is 11.8 Å². The van der Waals surface area contributed by atoms with E-state index in [-0.39, 0.29) is 0 Å². The van der Waals surface area contributed by atoms with Gasteiger partial charge in [0.15, 0.2) is 0 Å². The Balaban J connectivity index is 1.89. The van der Waals surface area contributed by atoms with E-state index >= 15 is 0 Å². The fourth-order valence-electron chi connectivity index (χ4n) is 6.51. The van der Waals surface area contributed by atoms with Crippen LogP contribution in [0.2, 0.25) is 0 Å². The molecule has 0 radical (unpaired) electrons. The second-order valence-electron chi connectivity index (χ2n) is 5.54. The van der Waals surface area contributed by atoms with Crippen LogP contribution in [0.15, 0.2) is 0 Å². The lowest BCUT2D eigenvalue weighted by Gasteiger charge is -2.60. The molecule has 0 spiro atoms. The van der Waals surface area contributed by atoms with Crippen LogP contribution in [0.25, 0.3) is 0 Å². The summed E-state index contributed by atoms with van der Waals surface area (Å²) in [5.74, 6) is 13.7. The normalized spacial score (nSPS) is 101. The lowest BCUT2D eigenvalue weighted by Crippen LogP contribution is -2.62. The van der Waals surface area contributed by atoms with Gasteiger partial charge in [0.05, 0.1) is 0 Å². The molecule has 0 aromatic heterocycles. The molecule has 0 aromatic carbocycles. The summed E-state index contributed by atoms with van der Waals surface area (Å²) in [4.78, 5) is 0. The quantitative estimate of drug-likeness (QED) is 0.340. The molecule has 5 fully saturated rings. The highest BCUT2D eigenvalue weighted by Gasteiger charge is 3.06. The number of hydrogen-bond donors (Lipinski definition) is 0. The summed E-state index contributed by atoms with van der Waals surface area (Å²) in [5, 5.41) is 0. The number of fused-ring (bicyclic) bond motifs is 15. The van der Waals surface area contributed by atoms with Crippen molar-refractivity contribution in [1.29, 1.82) is 0 Å². The Morgan fingerprint density at radius 2 is 1.00 bits per heavy atom. The van der Waals surface area contributed by atoms with Crippen molar-refractivity contribution >= 4 is 0 Å². The van der Waals surface area contributed by atoms with E-state index in [1.165, 1.54) is 53.3 Å². The lowest BCUT2D eigenvalue weighted by molar-refractivity contribution is -0.183. The molecule has 0 heterocycles. The first-order valence-corrected chi connectivity index (χ1v) is 4.87. The molecule has 0 aliphatic heterocycles. The molecule has 5 aliphatic carbocycles. The summed E-state index contributed by atoms with van der Waals surface area (Å²) in [6, 6.07) is 0. The molecule has 0 amide bonds. The van der Waals surface area contributed by atoms with Crippen molar-refractivity contribution in [3.63, 3.8) is 0 Å². The van der Waals surface area contributed by atoms with Crippen molar-refractivity contribution < 1.29 is 0 Å².